The Hall–Kier alpha value is -1.94. The van der Waals surface area contributed by atoms with E-state index in [0.717, 1.165) is 53.8 Å². The summed E-state index contributed by atoms with van der Waals surface area (Å²) in [6.45, 7) is 5.00. The smallest absolute Gasteiger partial charge is 0.252 e. The summed E-state index contributed by atoms with van der Waals surface area (Å²) in [4.78, 5) is 17.6. The van der Waals surface area contributed by atoms with Gasteiger partial charge in [-0.2, -0.15) is 0 Å². The minimum atomic E-state index is 0.0425. The Bertz CT molecular complexity index is 761. The van der Waals surface area contributed by atoms with E-state index in [9.17, 15) is 4.79 Å². The van der Waals surface area contributed by atoms with E-state index in [4.69, 9.17) is 4.98 Å². The number of carbonyl (C=O) groups is 1. The SMILES string of the molecule is Cc1ccc2nc(C3CC3)cc(C(=O)NCCC3CCNC3)c2c1. The lowest BCUT2D eigenvalue weighted by atomic mass is 10.0. The van der Waals surface area contributed by atoms with Crippen molar-refractivity contribution >= 4 is 16.8 Å². The maximum Gasteiger partial charge on any atom is 0.252 e. The molecule has 4 nitrogen and oxygen atoms in total. The van der Waals surface area contributed by atoms with E-state index in [1.807, 2.05) is 12.1 Å². The van der Waals surface area contributed by atoms with Gasteiger partial charge in [0.05, 0.1) is 11.1 Å². The summed E-state index contributed by atoms with van der Waals surface area (Å²) in [6.07, 6.45) is 4.66. The van der Waals surface area contributed by atoms with Crippen molar-refractivity contribution in [2.24, 2.45) is 5.92 Å². The first-order chi connectivity index (χ1) is 11.7. The molecule has 4 rings (SSSR count). The topological polar surface area (TPSA) is 54.0 Å². The molecule has 2 aromatic rings. The van der Waals surface area contributed by atoms with Crippen LogP contribution in [0.25, 0.3) is 10.9 Å². The molecule has 1 aliphatic carbocycles. The number of hydrogen-bond acceptors (Lipinski definition) is 3. The monoisotopic (exact) mass is 323 g/mol. The number of pyridine rings is 1. The summed E-state index contributed by atoms with van der Waals surface area (Å²) in [5.74, 6) is 1.29. The second-order valence-electron chi connectivity index (χ2n) is 7.29. The molecule has 2 fully saturated rings. The fraction of sp³-hybridized carbons (Fsp3) is 0.500. The molecule has 1 aromatic heterocycles. The Kier molecular flexibility index (Phi) is 4.23. The van der Waals surface area contributed by atoms with Crippen LogP contribution in [0.3, 0.4) is 0 Å². The van der Waals surface area contributed by atoms with Crippen LogP contribution in [0.1, 0.15) is 53.2 Å². The lowest BCUT2D eigenvalue weighted by Crippen LogP contribution is -2.27. The average Bonchev–Trinajstić information content (AvgIpc) is 3.31. The first-order valence-corrected chi connectivity index (χ1v) is 9.11. The maximum absolute atomic E-state index is 12.8. The number of fused-ring (bicyclic) bond motifs is 1. The van der Waals surface area contributed by atoms with Gasteiger partial charge >= 0.3 is 0 Å². The molecule has 126 valence electrons. The summed E-state index contributed by atoms with van der Waals surface area (Å²) >= 11 is 0. The van der Waals surface area contributed by atoms with E-state index in [-0.39, 0.29) is 5.91 Å². The Morgan fingerprint density at radius 2 is 2.17 bits per heavy atom. The maximum atomic E-state index is 12.8. The second-order valence-corrected chi connectivity index (χ2v) is 7.29. The van der Waals surface area contributed by atoms with E-state index in [2.05, 4.69) is 29.7 Å². The zero-order valence-corrected chi connectivity index (χ0v) is 14.3. The fourth-order valence-electron chi connectivity index (χ4n) is 3.58. The number of aromatic nitrogens is 1. The Morgan fingerprint density at radius 1 is 1.29 bits per heavy atom. The number of aryl methyl sites for hydroxylation is 1. The van der Waals surface area contributed by atoms with Crippen molar-refractivity contribution in [3.8, 4) is 0 Å². The van der Waals surface area contributed by atoms with Gasteiger partial charge in [-0.1, -0.05) is 11.6 Å². The molecule has 24 heavy (non-hydrogen) atoms. The van der Waals surface area contributed by atoms with Crippen molar-refractivity contribution in [3.63, 3.8) is 0 Å². The third-order valence-corrected chi connectivity index (χ3v) is 5.22. The van der Waals surface area contributed by atoms with E-state index in [0.29, 0.717) is 11.8 Å². The van der Waals surface area contributed by atoms with Crippen molar-refractivity contribution in [3.05, 3.63) is 41.1 Å². The fourth-order valence-corrected chi connectivity index (χ4v) is 3.58. The molecule has 1 unspecified atom stereocenters. The molecular weight excluding hydrogens is 298 g/mol. The molecule has 2 N–H and O–H groups in total. The van der Waals surface area contributed by atoms with Crippen LogP contribution in [0.5, 0.6) is 0 Å². The first-order valence-electron chi connectivity index (χ1n) is 9.11. The van der Waals surface area contributed by atoms with Crippen LogP contribution < -0.4 is 10.6 Å². The number of amides is 1. The number of carbonyl (C=O) groups excluding carboxylic acids is 1. The normalized spacial score (nSPS) is 20.5. The second kappa shape index (κ2) is 6.52. The zero-order chi connectivity index (χ0) is 16.5. The van der Waals surface area contributed by atoms with Crippen LogP contribution >= 0.6 is 0 Å². The van der Waals surface area contributed by atoms with Gasteiger partial charge in [-0.25, -0.2) is 0 Å². The predicted molar refractivity (Wildman–Crippen MR) is 96.4 cm³/mol. The van der Waals surface area contributed by atoms with Crippen LogP contribution in [-0.2, 0) is 0 Å². The minimum absolute atomic E-state index is 0.0425. The molecule has 1 saturated carbocycles. The molecule has 0 radical (unpaired) electrons. The minimum Gasteiger partial charge on any atom is -0.352 e. The highest BCUT2D eigenvalue weighted by Crippen LogP contribution is 2.40. The number of nitrogens with zero attached hydrogens (tertiary/aromatic N) is 1. The van der Waals surface area contributed by atoms with Crippen molar-refractivity contribution in [1.82, 2.24) is 15.6 Å². The molecule has 2 aliphatic rings. The van der Waals surface area contributed by atoms with Crippen molar-refractivity contribution < 1.29 is 4.79 Å². The van der Waals surface area contributed by atoms with Gasteiger partial charge in [-0.05, 0) is 69.8 Å². The Labute approximate surface area is 143 Å². The average molecular weight is 323 g/mol. The molecular formula is C20H25N3O. The van der Waals surface area contributed by atoms with E-state index in [1.54, 1.807) is 0 Å². The summed E-state index contributed by atoms with van der Waals surface area (Å²) < 4.78 is 0. The highest BCUT2D eigenvalue weighted by Gasteiger charge is 2.27. The standard InChI is InChI=1S/C20H25N3O/c1-13-2-5-18-16(10-13)17(11-19(23-18)15-3-4-15)20(24)22-9-7-14-6-8-21-12-14/h2,5,10-11,14-15,21H,3-4,6-9,12H2,1H3,(H,22,24). The largest absolute Gasteiger partial charge is 0.352 e. The summed E-state index contributed by atoms with van der Waals surface area (Å²) in [6, 6.07) is 8.21. The van der Waals surface area contributed by atoms with Gasteiger partial charge in [-0.15, -0.1) is 0 Å². The lowest BCUT2D eigenvalue weighted by Gasteiger charge is -2.12. The van der Waals surface area contributed by atoms with Crippen LogP contribution in [-0.4, -0.2) is 30.5 Å². The highest BCUT2D eigenvalue weighted by molar-refractivity contribution is 6.06. The van der Waals surface area contributed by atoms with Gasteiger partial charge in [0.15, 0.2) is 0 Å². The van der Waals surface area contributed by atoms with E-state index in [1.165, 1.54) is 19.3 Å². The Balaban J connectivity index is 1.56. The highest BCUT2D eigenvalue weighted by atomic mass is 16.1. The molecule has 1 amide bonds. The third-order valence-electron chi connectivity index (χ3n) is 5.22. The molecule has 1 atom stereocenters. The van der Waals surface area contributed by atoms with Gasteiger partial charge in [-0.3, -0.25) is 9.78 Å². The zero-order valence-electron chi connectivity index (χ0n) is 14.3. The number of benzene rings is 1. The summed E-state index contributed by atoms with van der Waals surface area (Å²) in [7, 11) is 0. The predicted octanol–water partition coefficient (Wildman–Crippen LogP) is 3.15. The summed E-state index contributed by atoms with van der Waals surface area (Å²) in [5.41, 5.74) is 3.97. The molecule has 2 heterocycles. The van der Waals surface area contributed by atoms with Crippen LogP contribution in [0.15, 0.2) is 24.3 Å². The molecule has 1 saturated heterocycles. The Morgan fingerprint density at radius 3 is 2.92 bits per heavy atom. The molecule has 1 aliphatic heterocycles. The van der Waals surface area contributed by atoms with Gasteiger partial charge in [0.2, 0.25) is 0 Å². The summed E-state index contributed by atoms with van der Waals surface area (Å²) in [5, 5.41) is 7.48. The van der Waals surface area contributed by atoms with Crippen LogP contribution in [0.2, 0.25) is 0 Å². The van der Waals surface area contributed by atoms with Crippen molar-refractivity contribution in [2.75, 3.05) is 19.6 Å². The third kappa shape index (κ3) is 3.29. The van der Waals surface area contributed by atoms with Crippen molar-refractivity contribution in [1.29, 1.82) is 0 Å². The lowest BCUT2D eigenvalue weighted by molar-refractivity contribution is 0.0953. The number of rotatable bonds is 5. The number of hydrogen-bond donors (Lipinski definition) is 2. The van der Waals surface area contributed by atoms with Crippen LogP contribution in [0, 0.1) is 12.8 Å². The van der Waals surface area contributed by atoms with E-state index >= 15 is 0 Å². The van der Waals surface area contributed by atoms with Gasteiger partial charge in [0.1, 0.15) is 0 Å². The van der Waals surface area contributed by atoms with Gasteiger partial charge in [0, 0.05) is 23.5 Å². The number of nitrogens with one attached hydrogen (secondary N) is 2. The van der Waals surface area contributed by atoms with Gasteiger partial charge in [0.25, 0.3) is 5.91 Å². The first kappa shape index (κ1) is 15.6. The van der Waals surface area contributed by atoms with Gasteiger partial charge < -0.3 is 10.6 Å². The molecule has 4 heteroatoms. The molecule has 1 aromatic carbocycles. The van der Waals surface area contributed by atoms with Crippen LogP contribution in [0.4, 0.5) is 0 Å². The van der Waals surface area contributed by atoms with Crippen molar-refractivity contribution in [2.45, 2.75) is 38.5 Å². The van der Waals surface area contributed by atoms with E-state index < -0.39 is 0 Å². The molecule has 0 bridgehead atoms. The molecule has 0 spiro atoms. The quantitative estimate of drug-likeness (QED) is 0.889.